The highest BCUT2D eigenvalue weighted by atomic mass is 32.2. The van der Waals surface area contributed by atoms with Gasteiger partial charge in [-0.05, 0) is 223 Å². The lowest BCUT2D eigenvalue weighted by Crippen LogP contribution is -2.41. The van der Waals surface area contributed by atoms with Crippen molar-refractivity contribution in [2.75, 3.05) is 6.26 Å². The molecule has 0 bridgehead atoms. The van der Waals surface area contributed by atoms with E-state index in [9.17, 15) is 30.0 Å². The third-order valence-electron chi connectivity index (χ3n) is 18.2. The van der Waals surface area contributed by atoms with Crippen molar-refractivity contribution < 1.29 is 75.6 Å². The molecule has 0 spiro atoms. The minimum atomic E-state index is -5.85. The van der Waals surface area contributed by atoms with E-state index in [1.54, 1.807) is 12.1 Å². The van der Waals surface area contributed by atoms with Gasteiger partial charge in [-0.15, -0.1) is 0 Å². The average Bonchev–Trinajstić information content (AvgIpc) is 1.31. The molecule has 0 N–H and O–H groups in total. The van der Waals surface area contributed by atoms with Crippen molar-refractivity contribution in [3.8, 4) is 11.5 Å². The molecule has 0 aromatic heterocycles. The third-order valence-corrected chi connectivity index (χ3v) is 19.7. The number of fused-ring (bicyclic) bond motifs is 12. The predicted molar refractivity (Wildman–Crippen MR) is 333 cm³/mol. The molecule has 4 heterocycles. The molecule has 14 nitrogen and oxygen atoms in total. The molecule has 4 saturated heterocycles. The average molecular weight is 1200 g/mol. The Kier molecular flexibility index (Phi) is 15.3. The first kappa shape index (κ1) is 62.6. The summed E-state index contributed by atoms with van der Waals surface area (Å²) in [5.74, 6) is -0.531. The summed E-state index contributed by atoms with van der Waals surface area (Å²) in [6.45, 7) is 32.9. The molecule has 8 aromatic carbocycles. The largest absolute Gasteiger partial charge is 0.534 e. The number of hydrogen-bond acceptors (Lipinski definition) is 14. The van der Waals surface area contributed by atoms with Crippen molar-refractivity contribution >= 4 is 124 Å². The van der Waals surface area contributed by atoms with Gasteiger partial charge in [-0.2, -0.15) is 30.0 Å². The van der Waals surface area contributed by atoms with Gasteiger partial charge in [0.05, 0.1) is 51.1 Å². The van der Waals surface area contributed by atoms with Gasteiger partial charge >= 0.3 is 54.0 Å². The summed E-state index contributed by atoms with van der Waals surface area (Å²) in [6, 6.07) is 37.3. The summed E-state index contributed by atoms with van der Waals surface area (Å²) in [5.41, 5.74) is -6.51. The zero-order valence-electron chi connectivity index (χ0n) is 51.0. The van der Waals surface area contributed by atoms with E-state index < -0.39 is 59.7 Å². The Morgan fingerprint density at radius 3 is 0.871 bits per heavy atom. The molecular formula is C62H71B4F3O14S2. The molecule has 4 aliphatic heterocycles. The minimum absolute atomic E-state index is 0.000755. The summed E-state index contributed by atoms with van der Waals surface area (Å²) in [4.78, 5) is 0. The van der Waals surface area contributed by atoms with Gasteiger partial charge in [-0.25, -0.2) is 0 Å². The lowest BCUT2D eigenvalue weighted by atomic mass is 9.49. The van der Waals surface area contributed by atoms with Crippen LogP contribution in [0.2, 0.25) is 0 Å². The van der Waals surface area contributed by atoms with Crippen LogP contribution in [0.3, 0.4) is 0 Å². The maximum atomic E-state index is 12.7. The van der Waals surface area contributed by atoms with Gasteiger partial charge in [-0.1, -0.05) is 84.9 Å². The molecule has 4 aliphatic rings. The van der Waals surface area contributed by atoms with Gasteiger partial charge < -0.3 is 45.6 Å². The molecule has 8 aromatic rings. The second kappa shape index (κ2) is 20.8. The molecule has 0 unspecified atom stereocenters. The van der Waals surface area contributed by atoms with Gasteiger partial charge in [-0.3, -0.25) is 0 Å². The van der Waals surface area contributed by atoms with Gasteiger partial charge in [0.25, 0.3) is 0 Å². The normalized spacial score (nSPS) is 20.9. The number of rotatable bonds is 7. The van der Waals surface area contributed by atoms with Crippen molar-refractivity contribution in [3.05, 3.63) is 121 Å². The van der Waals surface area contributed by atoms with E-state index in [0.717, 1.165) is 40.1 Å². The Morgan fingerprint density at radius 1 is 0.341 bits per heavy atom. The van der Waals surface area contributed by atoms with Crippen molar-refractivity contribution in [2.45, 2.75) is 161 Å². The fourth-order valence-corrected chi connectivity index (χ4v) is 11.5. The van der Waals surface area contributed by atoms with Gasteiger partial charge in [0.2, 0.25) is 0 Å². The first-order valence-corrected chi connectivity index (χ1v) is 31.3. The molecule has 12 rings (SSSR count). The SMILES string of the molecule is CC1(C)OB(B2OC(C)(C)C(C)(C)O2)OC1(C)C.CC1(C)OB(c2ccc3c4ccccc4c4ccc(B5OC(C)(C)C(C)(C)O5)cc4c3c2)OC1(C)C.CS(=O)(=O)Oc1ccc2c3ccccc3c3ccc(OS(=O)(=O)C(F)(F)F)cc3c2c1. The van der Waals surface area contributed by atoms with Gasteiger partial charge in [0.1, 0.15) is 11.5 Å². The molecule has 23 heteroatoms. The first-order chi connectivity index (χ1) is 39.0. The van der Waals surface area contributed by atoms with Crippen molar-refractivity contribution in [1.29, 1.82) is 0 Å². The molecule has 4 fully saturated rings. The molecule has 0 saturated carbocycles. The van der Waals surface area contributed by atoms with Crippen molar-refractivity contribution in [1.82, 2.24) is 0 Å². The Bertz CT molecular complexity index is 4000. The van der Waals surface area contributed by atoms with Crippen LogP contribution >= 0.6 is 0 Å². The molecule has 448 valence electrons. The standard InChI is InChI=1S/C30H34B2O4.C20H13F3O6S2.C12H24B2O4/c1-27(2)28(3,4)34-31(33-27)19-13-15-23-21-11-9-10-12-22(21)24-16-14-20(18-26(24)25(23)17-19)32-35-29(5,6)30(7,8)36-32;1-30(24,25)28-12-6-8-16-14-4-2-3-5-15(14)17-9-7-13(11-19(17)18(16)10-12)29-31(26,27)20(21,22)23;1-9(2)10(3,4)16-13(15-9)14-17-11(5,6)12(7,8)18-14/h9-18H,1-8H3;2-11H,1H3;1-8H3. The highest BCUT2D eigenvalue weighted by Gasteiger charge is 2.64. The fraction of sp³-hybridized carbons (Fsp3) is 0.419. The molecule has 0 amide bonds. The fourth-order valence-electron chi connectivity index (χ4n) is 10.6. The monoisotopic (exact) mass is 1200 g/mol. The lowest BCUT2D eigenvalue weighted by molar-refractivity contribution is -0.0500. The Hall–Kier alpha value is -5.45. The number of benzene rings is 8. The van der Waals surface area contributed by atoms with E-state index in [2.05, 4.69) is 120 Å². The van der Waals surface area contributed by atoms with Crippen LogP contribution in [0.15, 0.2) is 121 Å². The van der Waals surface area contributed by atoms with Crippen molar-refractivity contribution in [2.24, 2.45) is 0 Å². The quantitative estimate of drug-likeness (QED) is 0.0641. The first-order valence-electron chi connectivity index (χ1n) is 28.1. The van der Waals surface area contributed by atoms with E-state index >= 15 is 0 Å². The predicted octanol–water partition coefficient (Wildman–Crippen LogP) is 12.7. The maximum Gasteiger partial charge on any atom is 0.534 e. The summed E-state index contributed by atoms with van der Waals surface area (Å²) in [5, 5.41) is 10.9. The van der Waals surface area contributed by atoms with Gasteiger partial charge in [0.15, 0.2) is 0 Å². The van der Waals surface area contributed by atoms with Crippen LogP contribution < -0.4 is 19.3 Å². The summed E-state index contributed by atoms with van der Waals surface area (Å²) >= 11 is 0. The van der Waals surface area contributed by atoms with E-state index in [4.69, 9.17) is 41.4 Å². The van der Waals surface area contributed by atoms with Crippen LogP contribution in [-0.4, -0.2) is 102 Å². The molecule has 0 aliphatic carbocycles. The number of alkyl halides is 3. The van der Waals surface area contributed by atoms with Crippen LogP contribution in [-0.2, 0) is 57.5 Å². The molecule has 0 radical (unpaired) electrons. The van der Waals surface area contributed by atoms with Crippen molar-refractivity contribution in [3.63, 3.8) is 0 Å². The van der Waals surface area contributed by atoms with Crippen LogP contribution in [0.5, 0.6) is 11.5 Å². The Morgan fingerprint density at radius 2 is 0.588 bits per heavy atom. The second-order valence-electron chi connectivity index (χ2n) is 26.3. The maximum absolute atomic E-state index is 12.7. The lowest BCUT2D eigenvalue weighted by Gasteiger charge is -2.32. The summed E-state index contributed by atoms with van der Waals surface area (Å²) in [6.07, 6.45) is 0.879. The Balaban J connectivity index is 0.000000150. The minimum Gasteiger partial charge on any atom is -0.405 e. The molecule has 85 heavy (non-hydrogen) atoms. The smallest absolute Gasteiger partial charge is 0.405 e. The highest BCUT2D eigenvalue weighted by Crippen LogP contribution is 2.45. The Labute approximate surface area is 497 Å². The molecule has 0 atom stereocenters. The highest BCUT2D eigenvalue weighted by molar-refractivity contribution is 7.88. The van der Waals surface area contributed by atoms with E-state index in [1.807, 2.05) is 73.6 Å². The van der Waals surface area contributed by atoms with Crippen LogP contribution in [0, 0.1) is 0 Å². The van der Waals surface area contributed by atoms with E-state index in [0.29, 0.717) is 21.5 Å². The van der Waals surface area contributed by atoms with Crippen LogP contribution in [0.1, 0.15) is 111 Å². The zero-order valence-corrected chi connectivity index (χ0v) is 52.7. The van der Waals surface area contributed by atoms with Gasteiger partial charge in [0, 0.05) is 0 Å². The zero-order chi connectivity index (χ0) is 62.3. The topological polar surface area (TPSA) is 161 Å². The summed E-state index contributed by atoms with van der Waals surface area (Å²) in [7, 11) is -11.4. The molecular weight excluding hydrogens is 1130 g/mol. The van der Waals surface area contributed by atoms with E-state index in [-0.39, 0.29) is 50.6 Å². The third kappa shape index (κ3) is 11.6. The summed E-state index contributed by atoms with van der Waals surface area (Å²) < 4.78 is 143. The second-order valence-corrected chi connectivity index (χ2v) is 29.4. The van der Waals surface area contributed by atoms with E-state index in [1.165, 1.54) is 50.5 Å². The number of halogens is 3. The van der Waals surface area contributed by atoms with Crippen LogP contribution in [0.25, 0.3) is 64.6 Å². The van der Waals surface area contributed by atoms with Crippen LogP contribution in [0.4, 0.5) is 13.2 Å². The number of hydrogen-bond donors (Lipinski definition) is 0.